The van der Waals surface area contributed by atoms with Gasteiger partial charge in [-0.2, -0.15) is 5.10 Å². The Balaban J connectivity index is 1.87. The molecule has 0 saturated heterocycles. The SMILES string of the molecule is CC(NCc1ncc[nH]1)c1ncn[nH]1. The van der Waals surface area contributed by atoms with Crippen LogP contribution in [-0.2, 0) is 6.54 Å². The Bertz CT molecular complexity index is 351. The van der Waals surface area contributed by atoms with E-state index in [-0.39, 0.29) is 6.04 Å². The Kier molecular flexibility index (Phi) is 2.55. The summed E-state index contributed by atoms with van der Waals surface area (Å²) in [5, 5.41) is 9.86. The largest absolute Gasteiger partial charge is 0.348 e. The molecule has 0 saturated carbocycles. The quantitative estimate of drug-likeness (QED) is 0.654. The van der Waals surface area contributed by atoms with Crippen LogP contribution in [0.5, 0.6) is 0 Å². The highest BCUT2D eigenvalue weighted by Crippen LogP contribution is 2.04. The molecule has 0 fully saturated rings. The molecule has 0 amide bonds. The van der Waals surface area contributed by atoms with Gasteiger partial charge in [-0.3, -0.25) is 5.10 Å². The van der Waals surface area contributed by atoms with Gasteiger partial charge in [-0.1, -0.05) is 0 Å². The van der Waals surface area contributed by atoms with E-state index in [9.17, 15) is 0 Å². The molecule has 0 aliphatic heterocycles. The van der Waals surface area contributed by atoms with Gasteiger partial charge < -0.3 is 10.3 Å². The van der Waals surface area contributed by atoms with Gasteiger partial charge in [-0.15, -0.1) is 0 Å². The maximum Gasteiger partial charge on any atom is 0.141 e. The van der Waals surface area contributed by atoms with E-state index in [1.54, 1.807) is 12.4 Å². The fourth-order valence-corrected chi connectivity index (χ4v) is 1.16. The van der Waals surface area contributed by atoms with Gasteiger partial charge in [0.05, 0.1) is 12.6 Å². The van der Waals surface area contributed by atoms with Gasteiger partial charge in [0.2, 0.25) is 0 Å². The molecule has 2 aromatic rings. The third-order valence-electron chi connectivity index (χ3n) is 1.97. The second-order valence-electron chi connectivity index (χ2n) is 3.01. The van der Waals surface area contributed by atoms with Crippen molar-refractivity contribution in [3.05, 3.63) is 30.4 Å². The number of H-pyrrole nitrogens is 2. The first-order valence-corrected chi connectivity index (χ1v) is 4.43. The summed E-state index contributed by atoms with van der Waals surface area (Å²) in [5.41, 5.74) is 0. The third kappa shape index (κ3) is 1.97. The third-order valence-corrected chi connectivity index (χ3v) is 1.97. The average Bonchev–Trinajstić information content (AvgIpc) is 2.87. The zero-order valence-corrected chi connectivity index (χ0v) is 7.86. The van der Waals surface area contributed by atoms with Gasteiger partial charge in [-0.05, 0) is 6.92 Å². The Morgan fingerprint density at radius 3 is 3.07 bits per heavy atom. The van der Waals surface area contributed by atoms with Crippen LogP contribution in [0.25, 0.3) is 0 Å². The molecular formula is C8H12N6. The van der Waals surface area contributed by atoms with E-state index in [4.69, 9.17) is 0 Å². The second-order valence-corrected chi connectivity index (χ2v) is 3.01. The Hall–Kier alpha value is -1.69. The minimum absolute atomic E-state index is 0.141. The highest BCUT2D eigenvalue weighted by atomic mass is 15.2. The number of rotatable bonds is 4. The molecule has 6 nitrogen and oxygen atoms in total. The van der Waals surface area contributed by atoms with E-state index < -0.39 is 0 Å². The van der Waals surface area contributed by atoms with Crippen molar-refractivity contribution in [2.24, 2.45) is 0 Å². The smallest absolute Gasteiger partial charge is 0.141 e. The van der Waals surface area contributed by atoms with E-state index in [0.29, 0.717) is 6.54 Å². The number of aromatic amines is 2. The molecule has 2 aromatic heterocycles. The molecule has 2 rings (SSSR count). The van der Waals surface area contributed by atoms with Crippen LogP contribution in [0.15, 0.2) is 18.7 Å². The summed E-state index contributed by atoms with van der Waals surface area (Å²) in [6.45, 7) is 2.71. The molecule has 0 spiro atoms. The van der Waals surface area contributed by atoms with E-state index in [2.05, 4.69) is 30.5 Å². The Morgan fingerprint density at radius 2 is 2.43 bits per heavy atom. The average molecular weight is 192 g/mol. The van der Waals surface area contributed by atoms with Crippen LogP contribution in [0.3, 0.4) is 0 Å². The summed E-state index contributed by atoms with van der Waals surface area (Å²) in [6, 6.07) is 0.141. The highest BCUT2D eigenvalue weighted by Gasteiger charge is 2.07. The zero-order chi connectivity index (χ0) is 9.80. The van der Waals surface area contributed by atoms with Crippen molar-refractivity contribution in [1.82, 2.24) is 30.5 Å². The number of nitrogens with one attached hydrogen (secondary N) is 3. The molecule has 0 aliphatic carbocycles. The van der Waals surface area contributed by atoms with Gasteiger partial charge in [0, 0.05) is 12.4 Å². The summed E-state index contributed by atoms with van der Waals surface area (Å²) < 4.78 is 0. The summed E-state index contributed by atoms with van der Waals surface area (Å²) >= 11 is 0. The molecule has 0 aliphatic rings. The fraction of sp³-hybridized carbons (Fsp3) is 0.375. The molecular weight excluding hydrogens is 180 g/mol. The lowest BCUT2D eigenvalue weighted by Gasteiger charge is -2.08. The van der Waals surface area contributed by atoms with E-state index >= 15 is 0 Å². The molecule has 74 valence electrons. The molecule has 1 atom stereocenters. The predicted molar refractivity (Wildman–Crippen MR) is 50.2 cm³/mol. The minimum atomic E-state index is 0.141. The van der Waals surface area contributed by atoms with Gasteiger partial charge in [0.1, 0.15) is 18.0 Å². The van der Waals surface area contributed by atoms with Crippen LogP contribution in [0, 0.1) is 0 Å². The summed E-state index contributed by atoms with van der Waals surface area (Å²) in [7, 11) is 0. The molecule has 3 N–H and O–H groups in total. The predicted octanol–water partition coefficient (Wildman–Crippen LogP) is 0.379. The summed E-state index contributed by atoms with van der Waals surface area (Å²) in [5.74, 6) is 1.74. The maximum atomic E-state index is 4.11. The number of hydrogen-bond donors (Lipinski definition) is 3. The van der Waals surface area contributed by atoms with Gasteiger partial charge >= 0.3 is 0 Å². The minimum Gasteiger partial charge on any atom is -0.348 e. The number of hydrogen-bond acceptors (Lipinski definition) is 4. The Labute approximate surface area is 81.2 Å². The lowest BCUT2D eigenvalue weighted by atomic mass is 10.3. The van der Waals surface area contributed by atoms with Gasteiger partial charge in [-0.25, -0.2) is 9.97 Å². The molecule has 0 radical (unpaired) electrons. The van der Waals surface area contributed by atoms with E-state index in [0.717, 1.165) is 11.6 Å². The second kappa shape index (κ2) is 4.01. The lowest BCUT2D eigenvalue weighted by molar-refractivity contribution is 0.537. The molecule has 0 aromatic carbocycles. The topological polar surface area (TPSA) is 82.3 Å². The number of nitrogens with zero attached hydrogens (tertiary/aromatic N) is 3. The first-order chi connectivity index (χ1) is 6.86. The van der Waals surface area contributed by atoms with Crippen molar-refractivity contribution in [3.63, 3.8) is 0 Å². The van der Waals surface area contributed by atoms with Crippen LogP contribution >= 0.6 is 0 Å². The molecule has 14 heavy (non-hydrogen) atoms. The molecule has 1 unspecified atom stereocenters. The monoisotopic (exact) mass is 192 g/mol. The fourth-order valence-electron chi connectivity index (χ4n) is 1.16. The van der Waals surface area contributed by atoms with E-state index in [1.165, 1.54) is 6.33 Å². The van der Waals surface area contributed by atoms with Crippen LogP contribution < -0.4 is 5.32 Å². The standard InChI is InChI=1S/C8H12N6/c1-6(8-12-5-13-14-8)11-4-7-9-2-3-10-7/h2-3,5-6,11H,4H2,1H3,(H,9,10)(H,12,13,14). The number of imidazole rings is 1. The van der Waals surface area contributed by atoms with Crippen LogP contribution in [0.4, 0.5) is 0 Å². The molecule has 0 bridgehead atoms. The zero-order valence-electron chi connectivity index (χ0n) is 7.86. The lowest BCUT2D eigenvalue weighted by Crippen LogP contribution is -2.19. The summed E-state index contributed by atoms with van der Waals surface area (Å²) in [4.78, 5) is 11.2. The van der Waals surface area contributed by atoms with Crippen molar-refractivity contribution in [3.8, 4) is 0 Å². The van der Waals surface area contributed by atoms with E-state index in [1.807, 2.05) is 6.92 Å². The van der Waals surface area contributed by atoms with Crippen LogP contribution in [0.2, 0.25) is 0 Å². The van der Waals surface area contributed by atoms with Crippen molar-refractivity contribution in [1.29, 1.82) is 0 Å². The van der Waals surface area contributed by atoms with Crippen molar-refractivity contribution >= 4 is 0 Å². The molecule has 2 heterocycles. The van der Waals surface area contributed by atoms with Gasteiger partial charge in [0.15, 0.2) is 0 Å². The van der Waals surface area contributed by atoms with Crippen molar-refractivity contribution in [2.75, 3.05) is 0 Å². The normalized spacial score (nSPS) is 12.9. The first-order valence-electron chi connectivity index (χ1n) is 4.43. The van der Waals surface area contributed by atoms with Crippen LogP contribution in [-0.4, -0.2) is 25.1 Å². The van der Waals surface area contributed by atoms with Crippen molar-refractivity contribution < 1.29 is 0 Å². The molecule has 6 heteroatoms. The summed E-state index contributed by atoms with van der Waals surface area (Å²) in [6.07, 6.45) is 5.03. The first kappa shape index (κ1) is 8.89. The Morgan fingerprint density at radius 1 is 1.50 bits per heavy atom. The van der Waals surface area contributed by atoms with Crippen LogP contribution in [0.1, 0.15) is 24.6 Å². The maximum absolute atomic E-state index is 4.11. The van der Waals surface area contributed by atoms with Gasteiger partial charge in [0.25, 0.3) is 0 Å². The number of aromatic nitrogens is 5. The highest BCUT2D eigenvalue weighted by molar-refractivity contribution is 4.91. The van der Waals surface area contributed by atoms with Crippen molar-refractivity contribution in [2.45, 2.75) is 19.5 Å².